The molecule has 4 aromatic rings. The molecule has 0 aliphatic heterocycles. The Labute approximate surface area is 170 Å². The summed E-state index contributed by atoms with van der Waals surface area (Å²) in [5, 5.41) is 2.56. The van der Waals surface area contributed by atoms with Gasteiger partial charge in [0.15, 0.2) is 0 Å². The van der Waals surface area contributed by atoms with Crippen LogP contribution in [-0.2, 0) is 12.7 Å². The van der Waals surface area contributed by atoms with Gasteiger partial charge in [-0.2, -0.15) is 13.2 Å². The number of hydrogen-bond donors (Lipinski definition) is 1. The summed E-state index contributed by atoms with van der Waals surface area (Å²) in [5.41, 5.74) is -0.760. The molecular formula is C19H11ClF3N3O2S. The second kappa shape index (κ2) is 7.16. The van der Waals surface area contributed by atoms with Gasteiger partial charge in [0.25, 0.3) is 11.1 Å². The third kappa shape index (κ3) is 3.70. The van der Waals surface area contributed by atoms with Crippen molar-refractivity contribution in [2.75, 3.05) is 0 Å². The van der Waals surface area contributed by atoms with Gasteiger partial charge in [-0.25, -0.2) is 4.98 Å². The van der Waals surface area contributed by atoms with Crippen LogP contribution in [0.4, 0.5) is 13.2 Å². The van der Waals surface area contributed by atoms with Crippen LogP contribution in [-0.4, -0.2) is 14.5 Å². The number of alkyl halides is 3. The summed E-state index contributed by atoms with van der Waals surface area (Å²) in [6.45, 7) is -0.298. The smallest absolute Gasteiger partial charge is 0.308 e. The first-order valence-electron chi connectivity index (χ1n) is 8.27. The number of thiophene rings is 1. The highest BCUT2D eigenvalue weighted by molar-refractivity contribution is 7.17. The molecule has 0 saturated heterocycles. The van der Waals surface area contributed by atoms with Gasteiger partial charge >= 0.3 is 6.18 Å². The monoisotopic (exact) mass is 437 g/mol. The number of fused-ring (bicyclic) bond motifs is 1. The molecule has 10 heteroatoms. The number of aromatic nitrogens is 3. The number of nitrogens with one attached hydrogen (secondary N) is 1. The van der Waals surface area contributed by atoms with Crippen molar-refractivity contribution in [2.24, 2.45) is 0 Å². The van der Waals surface area contributed by atoms with Crippen LogP contribution in [0.1, 0.15) is 11.4 Å². The summed E-state index contributed by atoms with van der Waals surface area (Å²) in [7, 11) is 0. The molecular weight excluding hydrogens is 427 g/mol. The highest BCUT2D eigenvalue weighted by Crippen LogP contribution is 2.35. The molecule has 0 fully saturated rings. The zero-order valence-corrected chi connectivity index (χ0v) is 16.0. The maximum Gasteiger partial charge on any atom is 0.417 e. The first kappa shape index (κ1) is 19.4. The third-order valence-electron chi connectivity index (χ3n) is 4.29. The van der Waals surface area contributed by atoms with Crippen molar-refractivity contribution in [3.8, 4) is 11.1 Å². The molecule has 148 valence electrons. The number of nitrogens with zero attached hydrogens (tertiary/aromatic N) is 2. The van der Waals surface area contributed by atoms with Crippen molar-refractivity contribution in [1.82, 2.24) is 14.5 Å². The van der Waals surface area contributed by atoms with Gasteiger partial charge in [-0.15, -0.1) is 11.3 Å². The summed E-state index contributed by atoms with van der Waals surface area (Å²) in [6.07, 6.45) is -3.88. The van der Waals surface area contributed by atoms with E-state index in [9.17, 15) is 22.8 Å². The number of rotatable bonds is 3. The van der Waals surface area contributed by atoms with Gasteiger partial charge < -0.3 is 9.55 Å². The van der Waals surface area contributed by atoms with Crippen molar-refractivity contribution in [2.45, 2.75) is 12.7 Å². The fourth-order valence-corrected chi connectivity index (χ4v) is 4.13. The molecule has 29 heavy (non-hydrogen) atoms. The Bertz CT molecular complexity index is 1340. The fraction of sp³-hybridized carbons (Fsp3) is 0.105. The molecule has 1 aromatic carbocycles. The summed E-state index contributed by atoms with van der Waals surface area (Å²) < 4.78 is 39.6. The number of aromatic amines is 1. The molecule has 0 aliphatic rings. The van der Waals surface area contributed by atoms with Crippen molar-refractivity contribution in [3.63, 3.8) is 0 Å². The highest BCUT2D eigenvalue weighted by atomic mass is 35.5. The Morgan fingerprint density at radius 2 is 1.86 bits per heavy atom. The van der Waals surface area contributed by atoms with Crippen LogP contribution in [0, 0.1) is 0 Å². The quantitative estimate of drug-likeness (QED) is 0.512. The van der Waals surface area contributed by atoms with Gasteiger partial charge in [-0.3, -0.25) is 9.59 Å². The molecule has 0 atom stereocenters. The normalized spacial score (nSPS) is 11.9. The first-order valence-corrected chi connectivity index (χ1v) is 9.53. The average Bonchev–Trinajstić information content (AvgIpc) is 3.07. The predicted molar refractivity (Wildman–Crippen MR) is 105 cm³/mol. The van der Waals surface area contributed by atoms with Crippen LogP contribution in [0.25, 0.3) is 21.3 Å². The number of benzene rings is 1. The van der Waals surface area contributed by atoms with Gasteiger partial charge in [0.05, 0.1) is 17.5 Å². The third-order valence-corrected chi connectivity index (χ3v) is 5.49. The van der Waals surface area contributed by atoms with E-state index in [1.807, 2.05) is 0 Å². The van der Waals surface area contributed by atoms with E-state index in [0.717, 1.165) is 10.6 Å². The fourth-order valence-electron chi connectivity index (χ4n) is 2.93. The minimum absolute atomic E-state index is 0.0801. The number of halogens is 4. The van der Waals surface area contributed by atoms with Gasteiger partial charge in [0.1, 0.15) is 10.7 Å². The van der Waals surface area contributed by atoms with Crippen molar-refractivity contribution < 1.29 is 13.2 Å². The zero-order chi connectivity index (χ0) is 20.8. The zero-order valence-electron chi connectivity index (χ0n) is 14.5. The van der Waals surface area contributed by atoms with E-state index < -0.39 is 22.9 Å². The second-order valence-electron chi connectivity index (χ2n) is 6.20. The molecule has 3 aromatic heterocycles. The SMILES string of the molecule is O=c1[nH]c(Cn2cc(C(F)(F)F)ccc2=O)nc2scc(-c3ccccc3Cl)c12. The molecule has 0 radical (unpaired) electrons. The summed E-state index contributed by atoms with van der Waals surface area (Å²) in [5.74, 6) is 0.0801. The van der Waals surface area contributed by atoms with Gasteiger partial charge in [0.2, 0.25) is 0 Å². The van der Waals surface area contributed by atoms with Crippen LogP contribution in [0.3, 0.4) is 0 Å². The largest absolute Gasteiger partial charge is 0.417 e. The van der Waals surface area contributed by atoms with Gasteiger partial charge in [-0.05, 0) is 12.1 Å². The Balaban J connectivity index is 1.78. The molecule has 0 bridgehead atoms. The molecule has 4 rings (SSSR count). The molecule has 0 amide bonds. The molecule has 1 N–H and O–H groups in total. The summed E-state index contributed by atoms with van der Waals surface area (Å²) >= 11 is 7.43. The van der Waals surface area contributed by atoms with E-state index in [1.54, 1.807) is 29.6 Å². The number of hydrogen-bond acceptors (Lipinski definition) is 4. The molecule has 0 unspecified atom stereocenters. The average molecular weight is 438 g/mol. The van der Waals surface area contributed by atoms with E-state index >= 15 is 0 Å². The van der Waals surface area contributed by atoms with E-state index in [2.05, 4.69) is 9.97 Å². The standard InChI is InChI=1S/C19H11ClF3N3O2S/c20-13-4-2-1-3-11(13)12-9-29-18-16(12)17(28)24-14(25-18)8-26-7-10(19(21,22)23)5-6-15(26)27/h1-7,9H,8H2,(H,24,25,28). The second-order valence-corrected chi connectivity index (χ2v) is 7.47. The lowest BCUT2D eigenvalue weighted by molar-refractivity contribution is -0.138. The molecule has 0 saturated carbocycles. The van der Waals surface area contributed by atoms with Crippen LogP contribution in [0.5, 0.6) is 0 Å². The Morgan fingerprint density at radius 3 is 2.59 bits per heavy atom. The van der Waals surface area contributed by atoms with Crippen molar-refractivity contribution in [1.29, 1.82) is 0 Å². The maximum absolute atomic E-state index is 12.9. The Morgan fingerprint density at radius 1 is 1.10 bits per heavy atom. The van der Waals surface area contributed by atoms with Gasteiger partial charge in [0, 0.05) is 33.8 Å². The molecule has 0 spiro atoms. The Kier molecular flexibility index (Phi) is 4.79. The predicted octanol–water partition coefficient (Wildman–Crippen LogP) is 4.53. The van der Waals surface area contributed by atoms with E-state index in [4.69, 9.17) is 11.6 Å². The van der Waals surface area contributed by atoms with E-state index in [-0.39, 0.29) is 12.4 Å². The molecule has 0 aliphatic carbocycles. The van der Waals surface area contributed by atoms with Crippen molar-refractivity contribution >= 4 is 33.2 Å². The molecule has 5 nitrogen and oxygen atoms in total. The van der Waals surface area contributed by atoms with Crippen LogP contribution in [0.2, 0.25) is 5.02 Å². The minimum Gasteiger partial charge on any atom is -0.308 e. The van der Waals surface area contributed by atoms with E-state index in [0.29, 0.717) is 38.6 Å². The minimum atomic E-state index is -4.59. The first-order chi connectivity index (χ1) is 13.7. The maximum atomic E-state index is 12.9. The topological polar surface area (TPSA) is 67.8 Å². The lowest BCUT2D eigenvalue weighted by Crippen LogP contribution is -2.24. The summed E-state index contributed by atoms with van der Waals surface area (Å²) in [6, 6.07) is 8.60. The highest BCUT2D eigenvalue weighted by Gasteiger charge is 2.31. The van der Waals surface area contributed by atoms with Crippen LogP contribution < -0.4 is 11.1 Å². The number of H-pyrrole nitrogens is 1. The van der Waals surface area contributed by atoms with Crippen LogP contribution >= 0.6 is 22.9 Å². The lowest BCUT2D eigenvalue weighted by Gasteiger charge is -2.10. The van der Waals surface area contributed by atoms with E-state index in [1.165, 1.54) is 11.3 Å². The lowest BCUT2D eigenvalue weighted by atomic mass is 10.1. The van der Waals surface area contributed by atoms with Gasteiger partial charge in [-0.1, -0.05) is 29.8 Å². The van der Waals surface area contributed by atoms with Crippen LogP contribution in [0.15, 0.2) is 57.6 Å². The molecule has 3 heterocycles. The van der Waals surface area contributed by atoms with Crippen molar-refractivity contribution in [3.05, 3.63) is 85.1 Å². The number of pyridine rings is 1. The Hall–Kier alpha value is -2.91. The summed E-state index contributed by atoms with van der Waals surface area (Å²) in [4.78, 5) is 31.9.